The first-order valence-electron chi connectivity index (χ1n) is 6.00. The molecule has 0 spiro atoms. The summed E-state index contributed by atoms with van der Waals surface area (Å²) in [7, 11) is -1.47. The number of carbonyl (C=O) groups excluding carboxylic acids is 1. The van der Waals surface area contributed by atoms with Crippen molar-refractivity contribution in [2.75, 3.05) is 6.61 Å². The third-order valence-corrected chi connectivity index (χ3v) is 2.77. The van der Waals surface area contributed by atoms with Crippen LogP contribution in [0.15, 0.2) is 30.3 Å². The Kier molecular flexibility index (Phi) is 6.79. The van der Waals surface area contributed by atoms with Crippen molar-refractivity contribution in [2.45, 2.75) is 24.4 Å². The first-order chi connectivity index (χ1) is 9.51. The normalized spacial score (nSPS) is 17.1. The molecule has 0 aromatic heterocycles. The molecule has 0 aliphatic rings. The fourth-order valence-electron chi connectivity index (χ4n) is 1.57. The van der Waals surface area contributed by atoms with Gasteiger partial charge >= 0.3 is 7.12 Å². The summed E-state index contributed by atoms with van der Waals surface area (Å²) in [5.41, 5.74) is 0.365. The van der Waals surface area contributed by atoms with Crippen LogP contribution in [-0.4, -0.2) is 69.9 Å². The van der Waals surface area contributed by atoms with Gasteiger partial charge in [-0.25, -0.2) is 0 Å². The van der Waals surface area contributed by atoms with Gasteiger partial charge in [-0.15, -0.1) is 0 Å². The molecule has 0 fully saturated rings. The Morgan fingerprint density at radius 1 is 1.15 bits per heavy atom. The van der Waals surface area contributed by atoms with E-state index in [0.29, 0.717) is 5.46 Å². The first-order valence-corrected chi connectivity index (χ1v) is 6.00. The molecule has 1 rings (SSSR count). The summed E-state index contributed by atoms with van der Waals surface area (Å²) in [6.45, 7) is -0.787. The van der Waals surface area contributed by atoms with E-state index in [9.17, 15) is 25.1 Å². The van der Waals surface area contributed by atoms with Crippen LogP contribution in [0.5, 0.6) is 0 Å². The monoisotopic (exact) mass is 284 g/mol. The van der Waals surface area contributed by atoms with Crippen LogP contribution in [0, 0.1) is 0 Å². The van der Waals surface area contributed by atoms with Crippen molar-refractivity contribution < 1.29 is 34.9 Å². The molecular weight excluding hydrogens is 267 g/mol. The number of benzene rings is 1. The van der Waals surface area contributed by atoms with Crippen LogP contribution in [0.4, 0.5) is 0 Å². The zero-order valence-electron chi connectivity index (χ0n) is 10.6. The Hall–Kier alpha value is -1.29. The quantitative estimate of drug-likeness (QED) is 0.255. The molecule has 4 atom stereocenters. The van der Waals surface area contributed by atoms with E-state index >= 15 is 0 Å². The molecule has 110 valence electrons. The molecule has 5 N–H and O–H groups in total. The number of carbonyl (C=O) groups is 1. The number of hydrogen-bond acceptors (Lipinski definition) is 7. The second-order valence-electron chi connectivity index (χ2n) is 4.23. The summed E-state index contributed by atoms with van der Waals surface area (Å²) >= 11 is 0. The van der Waals surface area contributed by atoms with Crippen molar-refractivity contribution in [3.63, 3.8) is 0 Å². The third-order valence-electron chi connectivity index (χ3n) is 2.77. The van der Waals surface area contributed by atoms with Gasteiger partial charge in [0.25, 0.3) is 0 Å². The van der Waals surface area contributed by atoms with Crippen LogP contribution in [0.2, 0.25) is 0 Å². The molecule has 0 unspecified atom stereocenters. The summed E-state index contributed by atoms with van der Waals surface area (Å²) in [5, 5.41) is 46.8. The third kappa shape index (κ3) is 4.38. The molecule has 0 heterocycles. The molecule has 0 bridgehead atoms. The van der Waals surface area contributed by atoms with E-state index < -0.39 is 38.1 Å². The Morgan fingerprint density at radius 3 is 2.25 bits per heavy atom. The van der Waals surface area contributed by atoms with Gasteiger partial charge in [-0.1, -0.05) is 30.3 Å². The van der Waals surface area contributed by atoms with E-state index in [1.165, 1.54) is 0 Å². The maximum atomic E-state index is 10.9. The zero-order chi connectivity index (χ0) is 15.1. The van der Waals surface area contributed by atoms with Crippen LogP contribution >= 0.6 is 0 Å². The molecule has 20 heavy (non-hydrogen) atoms. The lowest BCUT2D eigenvalue weighted by molar-refractivity contribution is -0.134. The van der Waals surface area contributed by atoms with Crippen LogP contribution in [0.1, 0.15) is 0 Å². The average molecular weight is 284 g/mol. The highest BCUT2D eigenvalue weighted by Crippen LogP contribution is 2.07. The molecule has 0 aliphatic heterocycles. The van der Waals surface area contributed by atoms with Gasteiger partial charge in [0, 0.05) is 0 Å². The minimum absolute atomic E-state index is 0.199. The predicted molar refractivity (Wildman–Crippen MR) is 70.1 cm³/mol. The Bertz CT molecular complexity index is 402. The lowest BCUT2D eigenvalue weighted by Gasteiger charge is -2.26. The summed E-state index contributed by atoms with van der Waals surface area (Å²) in [6.07, 6.45) is -6.54. The molecule has 0 saturated carbocycles. The highest BCUT2D eigenvalue weighted by molar-refractivity contribution is 6.60. The summed E-state index contributed by atoms with van der Waals surface area (Å²) in [4.78, 5) is 10.9. The van der Waals surface area contributed by atoms with E-state index in [1.807, 2.05) is 0 Å². The van der Waals surface area contributed by atoms with E-state index in [1.54, 1.807) is 30.3 Å². The molecule has 8 heteroatoms. The van der Waals surface area contributed by atoms with E-state index in [2.05, 4.69) is 0 Å². The molecule has 1 aromatic carbocycles. The zero-order valence-corrected chi connectivity index (χ0v) is 10.6. The topological polar surface area (TPSA) is 127 Å². The molecule has 0 radical (unpaired) electrons. The summed E-state index contributed by atoms with van der Waals surface area (Å²) in [5.74, 6) is 0. The molecule has 1 aromatic rings. The maximum absolute atomic E-state index is 10.9. The van der Waals surface area contributed by atoms with Crippen LogP contribution in [0.3, 0.4) is 0 Å². The van der Waals surface area contributed by atoms with E-state index in [4.69, 9.17) is 9.76 Å². The van der Waals surface area contributed by atoms with Crippen molar-refractivity contribution in [1.29, 1.82) is 0 Å². The lowest BCUT2D eigenvalue weighted by Crippen LogP contribution is -2.50. The fraction of sp³-hybridized carbons (Fsp3) is 0.417. The first kappa shape index (κ1) is 16.8. The van der Waals surface area contributed by atoms with Crippen molar-refractivity contribution in [3.8, 4) is 0 Å². The number of rotatable bonds is 8. The predicted octanol–water partition coefficient (Wildman–Crippen LogP) is -2.97. The average Bonchev–Trinajstić information content (AvgIpc) is 2.50. The Balaban J connectivity index is 2.69. The molecular formula is C12H17BO7. The second-order valence-corrected chi connectivity index (χ2v) is 4.23. The number of aldehydes is 1. The smallest absolute Gasteiger partial charge is 0.423 e. The Labute approximate surface area is 116 Å². The largest absolute Gasteiger partial charge is 0.491 e. The van der Waals surface area contributed by atoms with Crippen LogP contribution in [-0.2, 0) is 9.45 Å². The number of aliphatic hydroxyl groups excluding tert-OH is 4. The number of aliphatic hydroxyl groups is 4. The Morgan fingerprint density at radius 2 is 1.75 bits per heavy atom. The molecule has 0 saturated heterocycles. The maximum Gasteiger partial charge on any atom is 0.491 e. The van der Waals surface area contributed by atoms with Crippen molar-refractivity contribution in [3.05, 3.63) is 30.3 Å². The summed E-state index contributed by atoms with van der Waals surface area (Å²) < 4.78 is 4.95. The van der Waals surface area contributed by atoms with Crippen LogP contribution in [0.25, 0.3) is 0 Å². The van der Waals surface area contributed by atoms with Gasteiger partial charge in [0.15, 0.2) is 0 Å². The van der Waals surface area contributed by atoms with Gasteiger partial charge in [0.05, 0.1) is 6.61 Å². The van der Waals surface area contributed by atoms with E-state index in [0.717, 1.165) is 0 Å². The van der Waals surface area contributed by atoms with Gasteiger partial charge in [0.2, 0.25) is 0 Å². The minimum atomic E-state index is -1.78. The highest BCUT2D eigenvalue weighted by Gasteiger charge is 2.34. The van der Waals surface area contributed by atoms with Crippen molar-refractivity contribution in [1.82, 2.24) is 0 Å². The second kappa shape index (κ2) is 8.10. The van der Waals surface area contributed by atoms with Gasteiger partial charge < -0.3 is 34.9 Å². The minimum Gasteiger partial charge on any atom is -0.423 e. The van der Waals surface area contributed by atoms with Gasteiger partial charge in [-0.3, -0.25) is 0 Å². The van der Waals surface area contributed by atoms with Gasteiger partial charge in [-0.05, 0) is 5.46 Å². The van der Waals surface area contributed by atoms with Gasteiger partial charge in [-0.2, -0.15) is 0 Å². The number of hydrogen-bond donors (Lipinski definition) is 5. The molecule has 0 aliphatic carbocycles. The molecule has 0 amide bonds. The van der Waals surface area contributed by atoms with Crippen LogP contribution < -0.4 is 5.46 Å². The van der Waals surface area contributed by atoms with Crippen molar-refractivity contribution >= 4 is 18.9 Å². The standard InChI is InChI=1S/C12H17BO7/c14-6-9(16)11(17)12(18)10(7-15)20-13(19)8-4-2-1-3-5-8/h1-5,7,9-12,14,16-19H,6H2/t9-,10+,11-,12-/m1/s1. The molecule has 7 nitrogen and oxygen atoms in total. The van der Waals surface area contributed by atoms with Gasteiger partial charge in [0.1, 0.15) is 30.7 Å². The lowest BCUT2D eigenvalue weighted by atomic mass is 9.79. The van der Waals surface area contributed by atoms with E-state index in [-0.39, 0.29) is 6.29 Å². The fourth-order valence-corrected chi connectivity index (χ4v) is 1.57. The summed E-state index contributed by atoms with van der Waals surface area (Å²) in [6, 6.07) is 8.14. The highest BCUT2D eigenvalue weighted by atomic mass is 16.5. The SMILES string of the molecule is O=C[C@H](OB(O)c1ccccc1)[C@@H](O)[C@H](O)[C@H](O)CO. The van der Waals surface area contributed by atoms with Crippen molar-refractivity contribution in [2.24, 2.45) is 0 Å².